The van der Waals surface area contributed by atoms with Crippen molar-refractivity contribution in [2.45, 2.75) is 58.7 Å². The number of pyridine rings is 1. The Hall–Kier alpha value is -1.62. The van der Waals surface area contributed by atoms with Crippen molar-refractivity contribution in [3.63, 3.8) is 0 Å². The highest BCUT2D eigenvalue weighted by atomic mass is 16.6. The number of aromatic nitrogens is 1. The molecule has 0 fully saturated rings. The van der Waals surface area contributed by atoms with E-state index in [2.05, 4.69) is 22.5 Å². The van der Waals surface area contributed by atoms with Crippen molar-refractivity contribution in [1.29, 1.82) is 0 Å². The van der Waals surface area contributed by atoms with Crippen molar-refractivity contribution in [3.05, 3.63) is 30.1 Å². The molecule has 1 unspecified atom stereocenters. The third-order valence-corrected chi connectivity index (χ3v) is 2.90. The first kappa shape index (κ1) is 17.4. The Bertz CT molecular complexity index is 452. The Kier molecular flexibility index (Phi) is 5.72. The van der Waals surface area contributed by atoms with Crippen LogP contribution in [-0.2, 0) is 4.74 Å². The van der Waals surface area contributed by atoms with Crippen molar-refractivity contribution in [1.82, 2.24) is 15.6 Å². The highest BCUT2D eigenvalue weighted by molar-refractivity contribution is 5.68. The zero-order chi connectivity index (χ0) is 16.1. The lowest BCUT2D eigenvalue weighted by Gasteiger charge is -2.30. The number of carbonyl (C=O) groups excluding carboxylic acids is 1. The number of nitrogens with one attached hydrogen (secondary N) is 2. The number of carbonyl (C=O) groups is 1. The Morgan fingerprint density at radius 3 is 2.33 bits per heavy atom. The Balaban J connectivity index is 2.47. The van der Waals surface area contributed by atoms with Crippen LogP contribution in [0.25, 0.3) is 0 Å². The lowest BCUT2D eigenvalue weighted by Crippen LogP contribution is -2.51. The smallest absolute Gasteiger partial charge is 0.408 e. The first-order valence-electron chi connectivity index (χ1n) is 7.23. The maximum absolute atomic E-state index is 11.8. The van der Waals surface area contributed by atoms with Crippen LogP contribution in [0.3, 0.4) is 0 Å². The molecule has 1 heterocycles. The Morgan fingerprint density at radius 2 is 1.81 bits per heavy atom. The minimum atomic E-state index is -0.488. The summed E-state index contributed by atoms with van der Waals surface area (Å²) >= 11 is 0. The summed E-state index contributed by atoms with van der Waals surface area (Å²) in [5, 5.41) is 6.29. The van der Waals surface area contributed by atoms with Gasteiger partial charge in [-0.3, -0.25) is 4.98 Å². The molecule has 0 aliphatic heterocycles. The third kappa shape index (κ3) is 7.09. The van der Waals surface area contributed by atoms with E-state index in [4.69, 9.17) is 4.74 Å². The van der Waals surface area contributed by atoms with E-state index in [-0.39, 0.29) is 6.04 Å². The van der Waals surface area contributed by atoms with Crippen molar-refractivity contribution in [3.8, 4) is 0 Å². The van der Waals surface area contributed by atoms with Crippen LogP contribution < -0.4 is 10.6 Å². The van der Waals surface area contributed by atoms with Crippen LogP contribution in [0.15, 0.2) is 24.5 Å². The quantitative estimate of drug-likeness (QED) is 0.876. The topological polar surface area (TPSA) is 63.2 Å². The second-order valence-corrected chi connectivity index (χ2v) is 6.89. The molecule has 1 amide bonds. The molecule has 1 rings (SSSR count). The molecule has 0 aliphatic rings. The molecule has 0 aromatic carbocycles. The molecule has 0 saturated heterocycles. The molecule has 0 radical (unpaired) electrons. The zero-order valence-electron chi connectivity index (χ0n) is 13.9. The molecule has 0 spiro atoms. The van der Waals surface area contributed by atoms with Crippen LogP contribution in [0.1, 0.15) is 53.1 Å². The molecule has 0 bridgehead atoms. The molecule has 5 nitrogen and oxygen atoms in total. The maximum atomic E-state index is 11.8. The standard InChI is InChI=1S/C16H27N3O2/c1-12(13-7-9-17-10-8-13)18-11-16(5,6)19-14(20)21-15(2,3)4/h7-10,12,18H,11H2,1-6H3,(H,19,20). The van der Waals surface area contributed by atoms with Gasteiger partial charge in [-0.25, -0.2) is 4.79 Å². The van der Waals surface area contributed by atoms with E-state index >= 15 is 0 Å². The van der Waals surface area contributed by atoms with Gasteiger partial charge in [-0.1, -0.05) is 0 Å². The van der Waals surface area contributed by atoms with Crippen LogP contribution in [0.5, 0.6) is 0 Å². The van der Waals surface area contributed by atoms with E-state index < -0.39 is 17.2 Å². The number of alkyl carbamates (subject to hydrolysis) is 1. The van der Waals surface area contributed by atoms with Gasteiger partial charge in [0.2, 0.25) is 0 Å². The van der Waals surface area contributed by atoms with E-state index in [0.29, 0.717) is 6.54 Å². The lowest BCUT2D eigenvalue weighted by atomic mass is 10.0. The Labute approximate surface area is 127 Å². The van der Waals surface area contributed by atoms with Crippen LogP contribution in [-0.4, -0.2) is 28.8 Å². The number of hydrogen-bond donors (Lipinski definition) is 2. The predicted molar refractivity (Wildman–Crippen MR) is 84.1 cm³/mol. The van der Waals surface area contributed by atoms with Crippen molar-refractivity contribution < 1.29 is 9.53 Å². The summed E-state index contributed by atoms with van der Waals surface area (Å²) in [5.74, 6) is 0. The van der Waals surface area contributed by atoms with Gasteiger partial charge >= 0.3 is 6.09 Å². The van der Waals surface area contributed by atoms with Gasteiger partial charge in [0.15, 0.2) is 0 Å². The van der Waals surface area contributed by atoms with Crippen molar-refractivity contribution >= 4 is 6.09 Å². The van der Waals surface area contributed by atoms with Crippen LogP contribution in [0.4, 0.5) is 4.79 Å². The highest BCUT2D eigenvalue weighted by Gasteiger charge is 2.24. The summed E-state index contributed by atoms with van der Waals surface area (Å²) in [5.41, 5.74) is 0.278. The molecule has 5 heteroatoms. The van der Waals surface area contributed by atoms with Crippen LogP contribution in [0.2, 0.25) is 0 Å². The van der Waals surface area contributed by atoms with E-state index in [0.717, 1.165) is 5.56 Å². The van der Waals surface area contributed by atoms with Gasteiger partial charge in [0.25, 0.3) is 0 Å². The predicted octanol–water partition coefficient (Wildman–Crippen LogP) is 3.04. The average Bonchev–Trinajstić information content (AvgIpc) is 2.34. The summed E-state index contributed by atoms with van der Waals surface area (Å²) in [6, 6.07) is 4.14. The second-order valence-electron chi connectivity index (χ2n) is 6.89. The molecule has 2 N–H and O–H groups in total. The monoisotopic (exact) mass is 293 g/mol. The molecule has 0 saturated carbocycles. The average molecular weight is 293 g/mol. The molecule has 0 aliphatic carbocycles. The van der Waals surface area contributed by atoms with Gasteiger partial charge in [0.05, 0.1) is 5.54 Å². The highest BCUT2D eigenvalue weighted by Crippen LogP contribution is 2.13. The number of hydrogen-bond acceptors (Lipinski definition) is 4. The lowest BCUT2D eigenvalue weighted by molar-refractivity contribution is 0.0471. The fraction of sp³-hybridized carbons (Fsp3) is 0.625. The largest absolute Gasteiger partial charge is 0.444 e. The summed E-state index contributed by atoms with van der Waals surface area (Å²) < 4.78 is 5.28. The van der Waals surface area contributed by atoms with Gasteiger partial charge in [-0.05, 0) is 59.2 Å². The second kappa shape index (κ2) is 6.89. The minimum absolute atomic E-state index is 0.188. The SMILES string of the molecule is CC(NCC(C)(C)NC(=O)OC(C)(C)C)c1ccncc1. The summed E-state index contributed by atoms with van der Waals surface area (Å²) in [6.45, 7) is 12.2. The van der Waals surface area contributed by atoms with E-state index in [1.54, 1.807) is 12.4 Å². The fourth-order valence-electron chi connectivity index (χ4n) is 1.80. The maximum Gasteiger partial charge on any atom is 0.408 e. The molecule has 1 aromatic heterocycles. The first-order valence-corrected chi connectivity index (χ1v) is 7.23. The number of nitrogens with zero attached hydrogens (tertiary/aromatic N) is 1. The van der Waals surface area contributed by atoms with Gasteiger partial charge in [0.1, 0.15) is 5.60 Å². The zero-order valence-corrected chi connectivity index (χ0v) is 13.9. The van der Waals surface area contributed by atoms with Gasteiger partial charge < -0.3 is 15.4 Å². The summed E-state index contributed by atoms with van der Waals surface area (Å²) in [7, 11) is 0. The first-order chi connectivity index (χ1) is 9.59. The molecular formula is C16H27N3O2. The number of rotatable bonds is 5. The normalized spacial score (nSPS) is 13.6. The van der Waals surface area contributed by atoms with E-state index in [1.807, 2.05) is 46.8 Å². The van der Waals surface area contributed by atoms with Crippen molar-refractivity contribution in [2.75, 3.05) is 6.54 Å². The molecule has 21 heavy (non-hydrogen) atoms. The van der Waals surface area contributed by atoms with Gasteiger partial charge in [0, 0.05) is 25.0 Å². The summed E-state index contributed by atoms with van der Waals surface area (Å²) in [6.07, 6.45) is 3.15. The van der Waals surface area contributed by atoms with E-state index in [1.165, 1.54) is 0 Å². The van der Waals surface area contributed by atoms with Crippen molar-refractivity contribution in [2.24, 2.45) is 0 Å². The molecule has 118 valence electrons. The summed E-state index contributed by atoms with van der Waals surface area (Å²) in [4.78, 5) is 15.8. The Morgan fingerprint density at radius 1 is 1.24 bits per heavy atom. The van der Waals surface area contributed by atoms with Gasteiger partial charge in [-0.2, -0.15) is 0 Å². The van der Waals surface area contributed by atoms with Crippen LogP contribution >= 0.6 is 0 Å². The minimum Gasteiger partial charge on any atom is -0.444 e. The molecular weight excluding hydrogens is 266 g/mol. The number of amides is 1. The number of ether oxygens (including phenoxy) is 1. The molecule has 1 aromatic rings. The van der Waals surface area contributed by atoms with E-state index in [9.17, 15) is 4.79 Å². The third-order valence-electron chi connectivity index (χ3n) is 2.90. The van der Waals surface area contributed by atoms with Crippen LogP contribution in [0, 0.1) is 0 Å². The van der Waals surface area contributed by atoms with Gasteiger partial charge in [-0.15, -0.1) is 0 Å². The fourth-order valence-corrected chi connectivity index (χ4v) is 1.80. The molecule has 1 atom stereocenters.